The van der Waals surface area contributed by atoms with Crippen LogP contribution >= 0.6 is 0 Å². The third-order valence-electron chi connectivity index (χ3n) is 2.68. The molecule has 0 heterocycles. The van der Waals surface area contributed by atoms with Gasteiger partial charge in [0.2, 0.25) is 0 Å². The molecule has 0 unspecified atom stereocenters. The maximum Gasteiger partial charge on any atom is 0.130 e. The second-order valence-corrected chi connectivity index (χ2v) is 4.98. The van der Waals surface area contributed by atoms with Gasteiger partial charge < -0.3 is 0 Å². The normalized spacial score (nSPS) is 19.7. The summed E-state index contributed by atoms with van der Waals surface area (Å²) >= 11 is 0. The number of rotatable bonds is 2. The molecule has 1 fully saturated rings. The number of nitrogens with zero attached hydrogens (tertiary/aromatic N) is 2. The minimum Gasteiger partial charge on any atom is -0.249 e. The molecule has 0 aromatic rings. The second-order valence-electron chi connectivity index (χ2n) is 4.98. The Morgan fingerprint density at radius 3 is 2.29 bits per heavy atom. The van der Waals surface area contributed by atoms with Crippen LogP contribution < -0.4 is 0 Å². The summed E-state index contributed by atoms with van der Waals surface area (Å²) in [6.07, 6.45) is 4.38. The van der Waals surface area contributed by atoms with Crippen molar-refractivity contribution in [2.75, 3.05) is 0 Å². The Morgan fingerprint density at radius 2 is 1.93 bits per heavy atom. The van der Waals surface area contributed by atoms with Crippen LogP contribution in [0.15, 0.2) is 21.8 Å². The molecule has 78 valence electrons. The van der Waals surface area contributed by atoms with Crippen molar-refractivity contribution in [1.82, 2.24) is 0 Å². The van der Waals surface area contributed by atoms with E-state index in [-0.39, 0.29) is 5.41 Å². The average molecular weight is 192 g/mol. The molecule has 14 heavy (non-hydrogen) atoms. The van der Waals surface area contributed by atoms with E-state index in [4.69, 9.17) is 0 Å². The lowest BCUT2D eigenvalue weighted by Gasteiger charge is -2.18. The third kappa shape index (κ3) is 3.09. The molecule has 1 aliphatic rings. The summed E-state index contributed by atoms with van der Waals surface area (Å²) in [7, 11) is 0. The first kappa shape index (κ1) is 11.2. The van der Waals surface area contributed by atoms with E-state index in [1.54, 1.807) is 0 Å². The molecule has 0 aromatic heterocycles. The lowest BCUT2D eigenvalue weighted by Crippen LogP contribution is -2.06. The quantitative estimate of drug-likeness (QED) is 0.473. The SMILES string of the molecule is C=NC(=N/C=C(\C)C(C)(C)C)C1CC1. The average Bonchev–Trinajstić information content (AvgIpc) is 2.87. The van der Waals surface area contributed by atoms with Gasteiger partial charge in [-0.25, -0.2) is 9.98 Å². The molecule has 0 aromatic carbocycles. The van der Waals surface area contributed by atoms with Gasteiger partial charge in [-0.15, -0.1) is 0 Å². The predicted molar refractivity (Wildman–Crippen MR) is 62.9 cm³/mol. The molecular formula is C12H20N2. The van der Waals surface area contributed by atoms with Crippen molar-refractivity contribution in [2.24, 2.45) is 21.3 Å². The van der Waals surface area contributed by atoms with E-state index in [1.165, 1.54) is 18.4 Å². The molecule has 2 heteroatoms. The van der Waals surface area contributed by atoms with Gasteiger partial charge in [-0.2, -0.15) is 0 Å². The van der Waals surface area contributed by atoms with Gasteiger partial charge in [0.25, 0.3) is 0 Å². The van der Waals surface area contributed by atoms with Crippen molar-refractivity contribution >= 4 is 12.6 Å². The van der Waals surface area contributed by atoms with Crippen LogP contribution in [0.4, 0.5) is 0 Å². The van der Waals surface area contributed by atoms with E-state index >= 15 is 0 Å². The van der Waals surface area contributed by atoms with E-state index in [0.29, 0.717) is 5.92 Å². The first-order chi connectivity index (χ1) is 6.45. The predicted octanol–water partition coefficient (Wildman–Crippen LogP) is 3.45. The standard InChI is InChI=1S/C12H20N2/c1-9(12(2,3)4)8-14-11(13-5)10-6-7-10/h8,10H,5-7H2,1-4H3/b9-8+,14-11?. The third-order valence-corrected chi connectivity index (χ3v) is 2.68. The fraction of sp³-hybridized carbons (Fsp3) is 0.667. The first-order valence-electron chi connectivity index (χ1n) is 5.17. The summed E-state index contributed by atoms with van der Waals surface area (Å²) < 4.78 is 0. The minimum atomic E-state index is 0.194. The maximum absolute atomic E-state index is 4.40. The van der Waals surface area contributed by atoms with Crippen molar-refractivity contribution in [2.45, 2.75) is 40.5 Å². The van der Waals surface area contributed by atoms with Crippen LogP contribution in [0.25, 0.3) is 0 Å². The van der Waals surface area contributed by atoms with Crippen LogP contribution in [0.5, 0.6) is 0 Å². The monoisotopic (exact) mass is 192 g/mol. The molecule has 2 nitrogen and oxygen atoms in total. The Hall–Kier alpha value is -0.920. The van der Waals surface area contributed by atoms with Crippen LogP contribution in [-0.2, 0) is 0 Å². The van der Waals surface area contributed by atoms with Gasteiger partial charge in [0.15, 0.2) is 0 Å². The van der Waals surface area contributed by atoms with E-state index < -0.39 is 0 Å². The van der Waals surface area contributed by atoms with Crippen molar-refractivity contribution in [3.63, 3.8) is 0 Å². The Labute approximate surface area is 86.8 Å². The number of allylic oxidation sites excluding steroid dienone is 1. The number of aliphatic imine (C=N–C) groups is 2. The van der Waals surface area contributed by atoms with Crippen molar-refractivity contribution in [3.8, 4) is 0 Å². The van der Waals surface area contributed by atoms with Crippen LogP contribution in [0, 0.1) is 11.3 Å². The van der Waals surface area contributed by atoms with Gasteiger partial charge in [-0.1, -0.05) is 20.8 Å². The topological polar surface area (TPSA) is 24.7 Å². The van der Waals surface area contributed by atoms with Gasteiger partial charge in [0, 0.05) is 12.1 Å². The van der Waals surface area contributed by atoms with E-state index in [0.717, 1.165) is 5.84 Å². The fourth-order valence-corrected chi connectivity index (χ4v) is 0.973. The molecule has 1 saturated carbocycles. The van der Waals surface area contributed by atoms with Gasteiger partial charge >= 0.3 is 0 Å². The Morgan fingerprint density at radius 1 is 1.36 bits per heavy atom. The molecule has 0 amide bonds. The van der Waals surface area contributed by atoms with Crippen LogP contribution in [0.3, 0.4) is 0 Å². The largest absolute Gasteiger partial charge is 0.249 e. The van der Waals surface area contributed by atoms with Gasteiger partial charge in [0.05, 0.1) is 0 Å². The highest BCUT2D eigenvalue weighted by Gasteiger charge is 2.26. The Balaban J connectivity index is 2.71. The molecular weight excluding hydrogens is 172 g/mol. The van der Waals surface area contributed by atoms with Gasteiger partial charge in [-0.05, 0) is 37.5 Å². The molecule has 0 atom stereocenters. The summed E-state index contributed by atoms with van der Waals surface area (Å²) in [5.74, 6) is 1.49. The molecule has 0 saturated heterocycles. The molecule has 0 aliphatic heterocycles. The van der Waals surface area contributed by atoms with Crippen LogP contribution in [0.2, 0.25) is 0 Å². The summed E-state index contributed by atoms with van der Waals surface area (Å²) in [5.41, 5.74) is 1.47. The van der Waals surface area contributed by atoms with Crippen LogP contribution in [-0.4, -0.2) is 12.6 Å². The summed E-state index contributed by atoms with van der Waals surface area (Å²) in [6.45, 7) is 12.2. The summed E-state index contributed by atoms with van der Waals surface area (Å²) in [4.78, 5) is 8.36. The lowest BCUT2D eigenvalue weighted by molar-refractivity contribution is 0.502. The van der Waals surface area contributed by atoms with E-state index in [2.05, 4.69) is 44.4 Å². The van der Waals surface area contributed by atoms with Gasteiger partial charge in [0.1, 0.15) is 5.84 Å². The maximum atomic E-state index is 4.40. The van der Waals surface area contributed by atoms with Crippen LogP contribution in [0.1, 0.15) is 40.5 Å². The molecule has 1 rings (SSSR count). The summed E-state index contributed by atoms with van der Waals surface area (Å²) in [6, 6.07) is 0. The highest BCUT2D eigenvalue weighted by Crippen LogP contribution is 2.31. The number of hydrogen-bond acceptors (Lipinski definition) is 1. The number of amidine groups is 1. The molecule has 0 bridgehead atoms. The fourth-order valence-electron chi connectivity index (χ4n) is 0.973. The zero-order valence-electron chi connectivity index (χ0n) is 9.67. The van der Waals surface area contributed by atoms with E-state index in [1.807, 2.05) is 6.20 Å². The van der Waals surface area contributed by atoms with Crippen molar-refractivity contribution in [3.05, 3.63) is 11.8 Å². The molecule has 0 radical (unpaired) electrons. The summed E-state index contributed by atoms with van der Waals surface area (Å²) in [5, 5.41) is 0. The van der Waals surface area contributed by atoms with Crippen molar-refractivity contribution < 1.29 is 0 Å². The Kier molecular flexibility index (Phi) is 3.25. The number of hydrogen-bond donors (Lipinski definition) is 0. The Bertz CT molecular complexity index is 275. The zero-order valence-corrected chi connectivity index (χ0v) is 9.67. The smallest absolute Gasteiger partial charge is 0.130 e. The zero-order chi connectivity index (χ0) is 10.8. The highest BCUT2D eigenvalue weighted by atomic mass is 14.9. The lowest BCUT2D eigenvalue weighted by atomic mass is 9.88. The minimum absolute atomic E-state index is 0.194. The molecule has 0 spiro atoms. The second kappa shape index (κ2) is 4.07. The molecule has 0 N–H and O–H groups in total. The first-order valence-corrected chi connectivity index (χ1v) is 5.17. The highest BCUT2D eigenvalue weighted by molar-refractivity contribution is 5.90. The van der Waals surface area contributed by atoms with E-state index in [9.17, 15) is 0 Å². The molecule has 1 aliphatic carbocycles. The van der Waals surface area contributed by atoms with Gasteiger partial charge in [-0.3, -0.25) is 0 Å². The van der Waals surface area contributed by atoms with Crippen molar-refractivity contribution in [1.29, 1.82) is 0 Å².